The summed E-state index contributed by atoms with van der Waals surface area (Å²) in [6.45, 7) is 4.77. The van der Waals surface area contributed by atoms with Crippen molar-refractivity contribution in [3.8, 4) is 0 Å². The van der Waals surface area contributed by atoms with E-state index in [0.29, 0.717) is 4.88 Å². The summed E-state index contributed by atoms with van der Waals surface area (Å²) in [5, 5.41) is 2.44. The Hall–Kier alpha value is -0.270. The lowest BCUT2D eigenvalue weighted by Gasteiger charge is -2.15. The molecule has 1 rings (SSSR count). The Bertz CT molecular complexity index is 352. The van der Waals surface area contributed by atoms with Gasteiger partial charge in [0.05, 0.1) is 6.04 Å². The first-order chi connectivity index (χ1) is 8.49. The molecule has 1 N–H and O–H groups in total. The van der Waals surface area contributed by atoms with Crippen LogP contribution in [0.25, 0.3) is 0 Å². The molecule has 0 radical (unpaired) electrons. The van der Waals surface area contributed by atoms with Crippen molar-refractivity contribution in [3.05, 3.63) is 16.1 Å². The van der Waals surface area contributed by atoms with Gasteiger partial charge >= 0.3 is 6.18 Å². The van der Waals surface area contributed by atoms with E-state index in [4.69, 9.17) is 0 Å². The molecule has 0 saturated carbocycles. The summed E-state index contributed by atoms with van der Waals surface area (Å²) < 4.78 is 37.4. The van der Waals surface area contributed by atoms with Crippen LogP contribution in [0.4, 0.5) is 13.2 Å². The first-order valence-corrected chi connectivity index (χ1v) is 7.80. The third-order valence-corrected chi connectivity index (χ3v) is 4.61. The second-order valence-electron chi connectivity index (χ2n) is 3.75. The maximum Gasteiger partial charge on any atom is 0.443 e. The third-order valence-electron chi connectivity index (χ3n) is 2.19. The van der Waals surface area contributed by atoms with Crippen molar-refractivity contribution in [2.45, 2.75) is 32.5 Å². The number of aromatic nitrogens is 1. The summed E-state index contributed by atoms with van der Waals surface area (Å²) in [4.78, 5) is 4.12. The van der Waals surface area contributed by atoms with Gasteiger partial charge in [-0.3, -0.25) is 0 Å². The number of halogens is 3. The van der Waals surface area contributed by atoms with E-state index >= 15 is 0 Å². The number of rotatable bonds is 7. The van der Waals surface area contributed by atoms with Gasteiger partial charge in [-0.2, -0.15) is 24.9 Å². The van der Waals surface area contributed by atoms with Crippen molar-refractivity contribution >= 4 is 23.1 Å². The Kier molecular flexibility index (Phi) is 6.45. The molecule has 0 spiro atoms. The highest BCUT2D eigenvalue weighted by Crippen LogP contribution is 2.35. The second kappa shape index (κ2) is 7.35. The Morgan fingerprint density at radius 2 is 2.17 bits per heavy atom. The molecule has 0 saturated heterocycles. The van der Waals surface area contributed by atoms with Crippen LogP contribution in [0.5, 0.6) is 0 Å². The minimum Gasteiger partial charge on any atom is -0.309 e. The highest BCUT2D eigenvalue weighted by molar-refractivity contribution is 7.99. The van der Waals surface area contributed by atoms with E-state index in [0.717, 1.165) is 35.8 Å². The number of thioether (sulfide) groups is 1. The zero-order valence-electron chi connectivity index (χ0n) is 10.4. The van der Waals surface area contributed by atoms with E-state index in [2.05, 4.69) is 17.2 Å². The van der Waals surface area contributed by atoms with Crippen molar-refractivity contribution < 1.29 is 13.2 Å². The van der Waals surface area contributed by atoms with Crippen LogP contribution in [0.15, 0.2) is 6.20 Å². The Morgan fingerprint density at radius 3 is 2.67 bits per heavy atom. The van der Waals surface area contributed by atoms with Crippen LogP contribution in [0, 0.1) is 0 Å². The lowest BCUT2D eigenvalue weighted by molar-refractivity contribution is -0.137. The number of hydrogen-bond donors (Lipinski definition) is 1. The maximum atomic E-state index is 12.5. The molecule has 1 unspecified atom stereocenters. The molecule has 0 aromatic carbocycles. The lowest BCUT2D eigenvalue weighted by atomic mass is 10.3. The largest absolute Gasteiger partial charge is 0.443 e. The summed E-state index contributed by atoms with van der Waals surface area (Å²) in [5.41, 5.74) is 0. The van der Waals surface area contributed by atoms with E-state index < -0.39 is 11.2 Å². The molecular weight excluding hydrogens is 281 g/mol. The van der Waals surface area contributed by atoms with Gasteiger partial charge in [-0.25, -0.2) is 4.98 Å². The minimum absolute atomic E-state index is 0.0415. The summed E-state index contributed by atoms with van der Waals surface area (Å²) in [5.74, 6) is 1.80. The average Bonchev–Trinajstić information content (AvgIpc) is 2.77. The molecule has 18 heavy (non-hydrogen) atoms. The molecule has 1 aromatic heterocycles. The SMILES string of the molecule is CCCSCC(NCC)c1cnc(C(F)(F)F)s1. The van der Waals surface area contributed by atoms with Crippen LogP contribution < -0.4 is 5.32 Å². The van der Waals surface area contributed by atoms with E-state index in [1.807, 2.05) is 6.92 Å². The number of nitrogens with zero attached hydrogens (tertiary/aromatic N) is 1. The lowest BCUT2D eigenvalue weighted by Crippen LogP contribution is -2.22. The topological polar surface area (TPSA) is 24.9 Å². The molecule has 0 aliphatic carbocycles. The first-order valence-electron chi connectivity index (χ1n) is 5.83. The zero-order valence-corrected chi connectivity index (χ0v) is 12.0. The third kappa shape index (κ3) is 4.78. The van der Waals surface area contributed by atoms with Gasteiger partial charge in [0.2, 0.25) is 0 Å². The van der Waals surface area contributed by atoms with Crippen LogP contribution in [-0.4, -0.2) is 23.0 Å². The van der Waals surface area contributed by atoms with E-state index in [1.165, 1.54) is 6.20 Å². The fraction of sp³-hybridized carbons (Fsp3) is 0.727. The van der Waals surface area contributed by atoms with E-state index in [1.54, 1.807) is 11.8 Å². The molecule has 0 amide bonds. The van der Waals surface area contributed by atoms with Gasteiger partial charge in [-0.15, -0.1) is 11.3 Å². The van der Waals surface area contributed by atoms with Crippen molar-refractivity contribution in [2.75, 3.05) is 18.1 Å². The van der Waals surface area contributed by atoms with E-state index in [-0.39, 0.29) is 6.04 Å². The Morgan fingerprint density at radius 1 is 1.44 bits per heavy atom. The smallest absolute Gasteiger partial charge is 0.309 e. The predicted octanol–water partition coefficient (Wildman–Crippen LogP) is 3.96. The fourth-order valence-corrected chi connectivity index (χ4v) is 3.36. The van der Waals surface area contributed by atoms with Gasteiger partial charge in [-0.05, 0) is 18.7 Å². The van der Waals surface area contributed by atoms with Crippen LogP contribution >= 0.6 is 23.1 Å². The summed E-state index contributed by atoms with van der Waals surface area (Å²) in [6.07, 6.45) is -1.93. The van der Waals surface area contributed by atoms with Gasteiger partial charge in [0, 0.05) is 16.8 Å². The molecule has 1 heterocycles. The second-order valence-corrected chi connectivity index (χ2v) is 5.96. The standard InChI is InChI=1S/C11H17F3N2S2/c1-3-5-17-7-8(15-4-2)9-6-16-10(18-9)11(12,13)14/h6,8,15H,3-5,7H2,1-2H3. The zero-order chi connectivity index (χ0) is 13.6. The number of nitrogens with one attached hydrogen (secondary N) is 1. The molecule has 104 valence electrons. The fourth-order valence-electron chi connectivity index (χ4n) is 1.41. The van der Waals surface area contributed by atoms with Gasteiger partial charge in [0.15, 0.2) is 5.01 Å². The number of thiazole rings is 1. The van der Waals surface area contributed by atoms with Crippen LogP contribution in [0.3, 0.4) is 0 Å². The van der Waals surface area contributed by atoms with Gasteiger partial charge < -0.3 is 5.32 Å². The van der Waals surface area contributed by atoms with Gasteiger partial charge in [0.1, 0.15) is 0 Å². The predicted molar refractivity (Wildman–Crippen MR) is 71.1 cm³/mol. The highest BCUT2D eigenvalue weighted by Gasteiger charge is 2.35. The van der Waals surface area contributed by atoms with Crippen LogP contribution in [0.2, 0.25) is 0 Å². The molecule has 0 fully saturated rings. The van der Waals surface area contributed by atoms with Crippen LogP contribution in [-0.2, 0) is 6.18 Å². The normalized spacial score (nSPS) is 13.8. The summed E-state index contributed by atoms with van der Waals surface area (Å²) in [6, 6.07) is -0.0415. The van der Waals surface area contributed by atoms with Crippen molar-refractivity contribution in [1.82, 2.24) is 10.3 Å². The Balaban J connectivity index is 2.70. The number of hydrogen-bond acceptors (Lipinski definition) is 4. The minimum atomic E-state index is -4.34. The monoisotopic (exact) mass is 298 g/mol. The average molecular weight is 298 g/mol. The molecular formula is C11H17F3N2S2. The van der Waals surface area contributed by atoms with Crippen molar-refractivity contribution in [3.63, 3.8) is 0 Å². The van der Waals surface area contributed by atoms with Crippen molar-refractivity contribution in [1.29, 1.82) is 0 Å². The summed E-state index contributed by atoms with van der Waals surface area (Å²) in [7, 11) is 0. The molecule has 0 bridgehead atoms. The molecule has 0 aliphatic rings. The maximum absolute atomic E-state index is 12.5. The Labute approximate surface area is 113 Å². The molecule has 1 aromatic rings. The molecule has 0 aliphatic heterocycles. The van der Waals surface area contributed by atoms with Gasteiger partial charge in [-0.1, -0.05) is 13.8 Å². The van der Waals surface area contributed by atoms with Crippen LogP contribution in [0.1, 0.15) is 36.2 Å². The van der Waals surface area contributed by atoms with Crippen molar-refractivity contribution in [2.24, 2.45) is 0 Å². The quantitative estimate of drug-likeness (QED) is 0.771. The summed E-state index contributed by atoms with van der Waals surface area (Å²) >= 11 is 2.48. The van der Waals surface area contributed by atoms with E-state index in [9.17, 15) is 13.2 Å². The van der Waals surface area contributed by atoms with Gasteiger partial charge in [0.25, 0.3) is 0 Å². The molecule has 1 atom stereocenters. The molecule has 7 heteroatoms. The first kappa shape index (κ1) is 15.8. The number of alkyl halides is 3. The molecule has 2 nitrogen and oxygen atoms in total. The highest BCUT2D eigenvalue weighted by atomic mass is 32.2.